The zero-order chi connectivity index (χ0) is 15.4. The Labute approximate surface area is 145 Å². The Kier molecular flexibility index (Phi) is 5.62. The molecule has 0 aliphatic rings. The number of anilines is 1. The zero-order valence-corrected chi connectivity index (χ0v) is 15.1. The summed E-state index contributed by atoms with van der Waals surface area (Å²) < 4.78 is 1.85. The summed E-state index contributed by atoms with van der Waals surface area (Å²) in [6, 6.07) is 12.8. The SMILES string of the molecule is C/C(=C\C(=O)c1ccc(Br)cc1)Nc1ccc(Br)cc1Cl. The van der Waals surface area contributed by atoms with Crippen molar-refractivity contribution in [1.82, 2.24) is 0 Å². The molecule has 0 fully saturated rings. The summed E-state index contributed by atoms with van der Waals surface area (Å²) in [4.78, 5) is 12.1. The quantitative estimate of drug-likeness (QED) is 0.473. The van der Waals surface area contributed by atoms with Crippen LogP contribution in [0, 0.1) is 0 Å². The van der Waals surface area contributed by atoms with Gasteiger partial charge in [0.15, 0.2) is 5.78 Å². The van der Waals surface area contributed by atoms with Gasteiger partial charge in [-0.15, -0.1) is 0 Å². The molecule has 21 heavy (non-hydrogen) atoms. The maximum absolute atomic E-state index is 12.1. The Balaban J connectivity index is 2.13. The van der Waals surface area contributed by atoms with Crippen molar-refractivity contribution in [2.75, 3.05) is 5.32 Å². The molecule has 0 heterocycles. The number of allylic oxidation sites excluding steroid dienone is 2. The van der Waals surface area contributed by atoms with E-state index in [-0.39, 0.29) is 5.78 Å². The van der Waals surface area contributed by atoms with Crippen LogP contribution in [0.1, 0.15) is 17.3 Å². The number of ketones is 1. The van der Waals surface area contributed by atoms with Gasteiger partial charge in [0, 0.05) is 26.3 Å². The van der Waals surface area contributed by atoms with Gasteiger partial charge in [-0.3, -0.25) is 4.79 Å². The first-order valence-electron chi connectivity index (χ1n) is 6.16. The van der Waals surface area contributed by atoms with Gasteiger partial charge in [-0.1, -0.05) is 43.5 Å². The van der Waals surface area contributed by atoms with Gasteiger partial charge in [-0.05, 0) is 49.4 Å². The van der Waals surface area contributed by atoms with Crippen LogP contribution in [0.3, 0.4) is 0 Å². The van der Waals surface area contributed by atoms with E-state index < -0.39 is 0 Å². The Morgan fingerprint density at radius 3 is 2.33 bits per heavy atom. The fraction of sp³-hybridized carbons (Fsp3) is 0.0625. The molecule has 0 aliphatic heterocycles. The first kappa shape index (κ1) is 16.3. The second-order valence-electron chi connectivity index (χ2n) is 4.45. The monoisotopic (exact) mass is 427 g/mol. The molecular formula is C16H12Br2ClNO. The van der Waals surface area contributed by atoms with Crippen molar-refractivity contribution in [3.8, 4) is 0 Å². The Hall–Kier alpha value is -1.10. The van der Waals surface area contributed by atoms with Crippen molar-refractivity contribution in [2.24, 2.45) is 0 Å². The summed E-state index contributed by atoms with van der Waals surface area (Å²) in [5.41, 5.74) is 2.13. The molecule has 0 bridgehead atoms. The minimum Gasteiger partial charge on any atom is -0.358 e. The van der Waals surface area contributed by atoms with E-state index in [2.05, 4.69) is 37.2 Å². The van der Waals surface area contributed by atoms with Crippen LogP contribution < -0.4 is 5.32 Å². The Bertz CT molecular complexity index is 696. The predicted octanol–water partition coefficient (Wildman–Crippen LogP) is 6.06. The minimum absolute atomic E-state index is 0.0549. The molecule has 0 spiro atoms. The molecule has 1 N–H and O–H groups in total. The van der Waals surface area contributed by atoms with Gasteiger partial charge in [0.1, 0.15) is 0 Å². The molecule has 5 heteroatoms. The maximum Gasteiger partial charge on any atom is 0.187 e. The number of benzene rings is 2. The predicted molar refractivity (Wildman–Crippen MR) is 95.0 cm³/mol. The Morgan fingerprint density at radius 1 is 1.10 bits per heavy atom. The summed E-state index contributed by atoms with van der Waals surface area (Å²) in [6.45, 7) is 1.83. The summed E-state index contributed by atoms with van der Waals surface area (Å²) in [7, 11) is 0. The fourth-order valence-corrected chi connectivity index (χ4v) is 2.72. The van der Waals surface area contributed by atoms with Gasteiger partial charge in [0.05, 0.1) is 10.7 Å². The van der Waals surface area contributed by atoms with Crippen LogP contribution in [0.25, 0.3) is 0 Å². The van der Waals surface area contributed by atoms with E-state index >= 15 is 0 Å². The third-order valence-electron chi connectivity index (χ3n) is 2.74. The molecule has 0 aliphatic carbocycles. The maximum atomic E-state index is 12.1. The molecule has 0 aromatic heterocycles. The van der Waals surface area contributed by atoms with E-state index in [1.54, 1.807) is 24.3 Å². The van der Waals surface area contributed by atoms with Crippen LogP contribution in [0.4, 0.5) is 5.69 Å². The zero-order valence-electron chi connectivity index (χ0n) is 11.2. The highest BCUT2D eigenvalue weighted by Crippen LogP contribution is 2.26. The lowest BCUT2D eigenvalue weighted by Crippen LogP contribution is -2.01. The van der Waals surface area contributed by atoms with Gasteiger partial charge < -0.3 is 5.32 Å². The van der Waals surface area contributed by atoms with Gasteiger partial charge in [-0.2, -0.15) is 0 Å². The van der Waals surface area contributed by atoms with E-state index in [1.165, 1.54) is 0 Å². The Morgan fingerprint density at radius 2 is 1.71 bits per heavy atom. The molecule has 2 nitrogen and oxygen atoms in total. The van der Waals surface area contributed by atoms with Crippen molar-refractivity contribution in [1.29, 1.82) is 0 Å². The highest BCUT2D eigenvalue weighted by atomic mass is 79.9. The van der Waals surface area contributed by atoms with Crippen molar-refractivity contribution in [2.45, 2.75) is 6.92 Å². The normalized spacial score (nSPS) is 11.3. The smallest absolute Gasteiger partial charge is 0.187 e. The van der Waals surface area contributed by atoms with Gasteiger partial charge in [0.2, 0.25) is 0 Å². The van der Waals surface area contributed by atoms with E-state index in [0.29, 0.717) is 10.6 Å². The molecule has 0 unspecified atom stereocenters. The highest BCUT2D eigenvalue weighted by Gasteiger charge is 2.05. The first-order chi connectivity index (χ1) is 9.95. The van der Waals surface area contributed by atoms with Crippen molar-refractivity contribution in [3.05, 3.63) is 73.8 Å². The molecule has 2 aromatic rings. The van der Waals surface area contributed by atoms with Crippen LogP contribution in [-0.2, 0) is 0 Å². The van der Waals surface area contributed by atoms with Gasteiger partial charge in [-0.25, -0.2) is 0 Å². The van der Waals surface area contributed by atoms with Gasteiger partial charge >= 0.3 is 0 Å². The summed E-state index contributed by atoms with van der Waals surface area (Å²) in [5, 5.41) is 3.72. The second kappa shape index (κ2) is 7.25. The van der Waals surface area contributed by atoms with E-state index in [4.69, 9.17) is 11.6 Å². The standard InChI is InChI=1S/C16H12Br2ClNO/c1-10(20-15-7-6-13(18)9-14(15)19)8-16(21)11-2-4-12(17)5-3-11/h2-9,20H,1H3/b10-8+. The molecule has 0 saturated heterocycles. The van der Waals surface area contributed by atoms with E-state index in [9.17, 15) is 4.79 Å². The van der Waals surface area contributed by atoms with Crippen LogP contribution in [-0.4, -0.2) is 5.78 Å². The fourth-order valence-electron chi connectivity index (χ4n) is 1.73. The molecule has 108 valence electrons. The van der Waals surface area contributed by atoms with Crippen molar-refractivity contribution < 1.29 is 4.79 Å². The molecule has 0 radical (unpaired) electrons. The lowest BCUT2D eigenvalue weighted by molar-refractivity contribution is 0.104. The third-order valence-corrected chi connectivity index (χ3v) is 4.07. The van der Waals surface area contributed by atoms with Crippen LogP contribution in [0.15, 0.2) is 63.2 Å². The van der Waals surface area contributed by atoms with E-state index in [0.717, 1.165) is 20.3 Å². The van der Waals surface area contributed by atoms with Crippen LogP contribution >= 0.6 is 43.5 Å². The molecule has 0 amide bonds. The lowest BCUT2D eigenvalue weighted by atomic mass is 10.1. The number of halogens is 3. The second-order valence-corrected chi connectivity index (χ2v) is 6.69. The topological polar surface area (TPSA) is 29.1 Å². The third kappa shape index (κ3) is 4.70. The largest absolute Gasteiger partial charge is 0.358 e. The number of rotatable bonds is 4. The molecule has 0 atom stereocenters. The highest BCUT2D eigenvalue weighted by molar-refractivity contribution is 9.10. The number of hydrogen-bond acceptors (Lipinski definition) is 2. The number of carbonyl (C=O) groups is 1. The molecule has 2 aromatic carbocycles. The summed E-state index contributed by atoms with van der Waals surface area (Å²) in [6.07, 6.45) is 1.56. The van der Waals surface area contributed by atoms with Gasteiger partial charge in [0.25, 0.3) is 0 Å². The van der Waals surface area contributed by atoms with Crippen molar-refractivity contribution in [3.63, 3.8) is 0 Å². The first-order valence-corrected chi connectivity index (χ1v) is 8.12. The summed E-state index contributed by atoms with van der Waals surface area (Å²) in [5.74, 6) is -0.0549. The molecule has 2 rings (SSSR count). The van der Waals surface area contributed by atoms with Crippen LogP contribution in [0.2, 0.25) is 5.02 Å². The minimum atomic E-state index is -0.0549. The number of nitrogens with one attached hydrogen (secondary N) is 1. The average molecular weight is 430 g/mol. The number of hydrogen-bond donors (Lipinski definition) is 1. The average Bonchev–Trinajstić information content (AvgIpc) is 2.42. The molecular weight excluding hydrogens is 417 g/mol. The van der Waals surface area contributed by atoms with Crippen molar-refractivity contribution >= 4 is 54.9 Å². The molecule has 0 saturated carbocycles. The lowest BCUT2D eigenvalue weighted by Gasteiger charge is -2.09. The van der Waals surface area contributed by atoms with E-state index in [1.807, 2.05) is 31.2 Å². The summed E-state index contributed by atoms with van der Waals surface area (Å²) >= 11 is 12.8. The van der Waals surface area contributed by atoms with Crippen LogP contribution in [0.5, 0.6) is 0 Å². The number of carbonyl (C=O) groups excluding carboxylic acids is 1.